The molecule has 0 aliphatic rings. The molecule has 10 heteroatoms. The summed E-state index contributed by atoms with van der Waals surface area (Å²) >= 11 is 7.01. The van der Waals surface area contributed by atoms with Gasteiger partial charge in [-0.2, -0.15) is 13.2 Å². The standard InChI is InChI=1S/C14H7ClF3N3O2S/c15-10-5-4-9(24-10)12-20-21-13(23-12)19-11(22)7-2-1-3-8(6-7)14(16,17)18/h1-6H,(H,19,21,22). The fourth-order valence-electron chi connectivity index (χ4n) is 1.81. The number of rotatable bonds is 3. The van der Waals surface area contributed by atoms with E-state index in [9.17, 15) is 18.0 Å². The number of nitrogens with one attached hydrogen (secondary N) is 1. The van der Waals surface area contributed by atoms with Crippen molar-refractivity contribution in [3.8, 4) is 10.8 Å². The SMILES string of the molecule is O=C(Nc1nnc(-c2ccc(Cl)s2)o1)c1cccc(C(F)(F)F)c1. The first-order valence-corrected chi connectivity index (χ1v) is 7.60. The number of carbonyl (C=O) groups excluding carboxylic acids is 1. The van der Waals surface area contributed by atoms with E-state index in [-0.39, 0.29) is 17.5 Å². The lowest BCUT2D eigenvalue weighted by molar-refractivity contribution is -0.137. The molecule has 3 aromatic rings. The number of carbonyl (C=O) groups is 1. The van der Waals surface area contributed by atoms with Crippen LogP contribution < -0.4 is 5.32 Å². The number of hydrogen-bond donors (Lipinski definition) is 1. The Morgan fingerprint density at radius 3 is 2.67 bits per heavy atom. The summed E-state index contributed by atoms with van der Waals surface area (Å²) in [5.74, 6) is -0.647. The molecule has 0 unspecified atom stereocenters. The number of hydrogen-bond acceptors (Lipinski definition) is 5. The van der Waals surface area contributed by atoms with Crippen molar-refractivity contribution in [2.75, 3.05) is 5.32 Å². The van der Waals surface area contributed by atoms with Crippen LogP contribution in [-0.2, 0) is 6.18 Å². The fourth-order valence-corrected chi connectivity index (χ4v) is 2.77. The molecule has 124 valence electrons. The van der Waals surface area contributed by atoms with Crippen molar-refractivity contribution < 1.29 is 22.4 Å². The molecular formula is C14H7ClF3N3O2S. The predicted octanol–water partition coefficient (Wildman–Crippen LogP) is 4.72. The zero-order valence-electron chi connectivity index (χ0n) is 11.6. The first-order chi connectivity index (χ1) is 11.3. The maximum atomic E-state index is 12.7. The van der Waals surface area contributed by atoms with E-state index in [0.717, 1.165) is 18.2 Å². The molecule has 0 aliphatic heterocycles. The second kappa shape index (κ2) is 6.25. The van der Waals surface area contributed by atoms with Crippen LogP contribution in [-0.4, -0.2) is 16.1 Å². The van der Waals surface area contributed by atoms with Gasteiger partial charge in [0.05, 0.1) is 14.8 Å². The highest BCUT2D eigenvalue weighted by molar-refractivity contribution is 7.19. The fraction of sp³-hybridized carbons (Fsp3) is 0.0714. The largest absolute Gasteiger partial charge is 0.416 e. The van der Waals surface area contributed by atoms with Gasteiger partial charge < -0.3 is 4.42 Å². The third-order valence-electron chi connectivity index (χ3n) is 2.88. The van der Waals surface area contributed by atoms with Gasteiger partial charge in [0.1, 0.15) is 0 Å². The smallest absolute Gasteiger partial charge is 0.402 e. The van der Waals surface area contributed by atoms with Crippen LogP contribution >= 0.6 is 22.9 Å². The highest BCUT2D eigenvalue weighted by Gasteiger charge is 2.31. The Kier molecular flexibility index (Phi) is 4.29. The molecule has 0 fully saturated rings. The highest BCUT2D eigenvalue weighted by atomic mass is 35.5. The Morgan fingerprint density at radius 1 is 1.21 bits per heavy atom. The molecule has 0 saturated carbocycles. The Balaban J connectivity index is 1.77. The van der Waals surface area contributed by atoms with Gasteiger partial charge in [0.25, 0.3) is 11.8 Å². The molecule has 3 rings (SSSR count). The van der Waals surface area contributed by atoms with Gasteiger partial charge in [-0.1, -0.05) is 22.8 Å². The van der Waals surface area contributed by atoms with Gasteiger partial charge in [-0.05, 0) is 30.3 Å². The van der Waals surface area contributed by atoms with Crippen molar-refractivity contribution in [2.45, 2.75) is 6.18 Å². The van der Waals surface area contributed by atoms with Gasteiger partial charge in [-0.15, -0.1) is 16.4 Å². The minimum atomic E-state index is -4.54. The number of nitrogens with zero attached hydrogens (tertiary/aromatic N) is 2. The summed E-state index contributed by atoms with van der Waals surface area (Å²) in [6.45, 7) is 0. The predicted molar refractivity (Wildman–Crippen MR) is 82.0 cm³/mol. The molecule has 0 spiro atoms. The molecule has 1 amide bonds. The van der Waals surface area contributed by atoms with Crippen molar-refractivity contribution in [1.82, 2.24) is 10.2 Å². The van der Waals surface area contributed by atoms with Crippen molar-refractivity contribution in [3.63, 3.8) is 0 Å². The van der Waals surface area contributed by atoms with E-state index < -0.39 is 17.6 Å². The molecule has 5 nitrogen and oxygen atoms in total. The van der Waals surface area contributed by atoms with Crippen molar-refractivity contribution in [2.24, 2.45) is 0 Å². The highest BCUT2D eigenvalue weighted by Crippen LogP contribution is 2.31. The molecule has 1 aromatic carbocycles. The van der Waals surface area contributed by atoms with Gasteiger partial charge in [-0.3, -0.25) is 10.1 Å². The van der Waals surface area contributed by atoms with E-state index >= 15 is 0 Å². The maximum Gasteiger partial charge on any atom is 0.416 e. The summed E-state index contributed by atoms with van der Waals surface area (Å²) in [7, 11) is 0. The van der Waals surface area contributed by atoms with Crippen molar-refractivity contribution >= 4 is 34.9 Å². The number of thiophene rings is 1. The van der Waals surface area contributed by atoms with Gasteiger partial charge in [0, 0.05) is 5.56 Å². The third kappa shape index (κ3) is 3.57. The minimum Gasteiger partial charge on any atom is -0.402 e. The monoisotopic (exact) mass is 373 g/mol. The summed E-state index contributed by atoms with van der Waals surface area (Å²) in [6.07, 6.45) is -4.54. The molecule has 0 radical (unpaired) electrons. The Morgan fingerprint density at radius 2 is 2.00 bits per heavy atom. The molecule has 2 aromatic heterocycles. The van der Waals surface area contributed by atoms with Crippen molar-refractivity contribution in [3.05, 3.63) is 51.9 Å². The number of aromatic nitrogens is 2. The molecular weight excluding hydrogens is 367 g/mol. The molecule has 0 aliphatic carbocycles. The second-order valence-corrected chi connectivity index (χ2v) is 6.26. The first-order valence-electron chi connectivity index (χ1n) is 6.41. The molecule has 24 heavy (non-hydrogen) atoms. The normalized spacial score (nSPS) is 11.5. The molecule has 0 saturated heterocycles. The maximum absolute atomic E-state index is 12.7. The van der Waals surface area contributed by atoms with Crippen LogP contribution in [0, 0.1) is 0 Å². The Bertz CT molecular complexity index is 891. The van der Waals surface area contributed by atoms with Crippen LogP contribution in [0.2, 0.25) is 4.34 Å². The zero-order chi connectivity index (χ0) is 17.3. The van der Waals surface area contributed by atoms with E-state index in [1.165, 1.54) is 17.4 Å². The quantitative estimate of drug-likeness (QED) is 0.721. The molecule has 2 heterocycles. The lowest BCUT2D eigenvalue weighted by Crippen LogP contribution is -2.14. The second-order valence-electron chi connectivity index (χ2n) is 4.55. The summed E-state index contributed by atoms with van der Waals surface area (Å²) < 4.78 is 43.8. The average molecular weight is 374 g/mol. The van der Waals surface area contributed by atoms with Crippen LogP contribution in [0.25, 0.3) is 10.8 Å². The van der Waals surface area contributed by atoms with E-state index in [1.807, 2.05) is 0 Å². The lowest BCUT2D eigenvalue weighted by Gasteiger charge is -2.07. The number of benzene rings is 1. The summed E-state index contributed by atoms with van der Waals surface area (Å²) in [5, 5.41) is 9.63. The van der Waals surface area contributed by atoms with Gasteiger partial charge in [0.15, 0.2) is 0 Å². The zero-order valence-corrected chi connectivity index (χ0v) is 13.2. The average Bonchev–Trinajstić information content (AvgIpc) is 3.15. The topological polar surface area (TPSA) is 68.0 Å². The van der Waals surface area contributed by atoms with Crippen LogP contribution in [0.3, 0.4) is 0 Å². The number of alkyl halides is 3. The summed E-state index contributed by atoms with van der Waals surface area (Å²) in [4.78, 5) is 12.6. The van der Waals surface area contributed by atoms with E-state index in [2.05, 4.69) is 15.5 Å². The lowest BCUT2D eigenvalue weighted by atomic mass is 10.1. The van der Waals surface area contributed by atoms with E-state index in [1.54, 1.807) is 12.1 Å². The third-order valence-corrected chi connectivity index (χ3v) is 4.10. The Labute approximate surface area is 142 Å². The minimum absolute atomic E-state index is 0.145. The summed E-state index contributed by atoms with van der Waals surface area (Å²) in [6, 6.07) is 7.10. The number of halogens is 4. The van der Waals surface area contributed by atoms with E-state index in [0.29, 0.717) is 9.21 Å². The van der Waals surface area contributed by atoms with Crippen LogP contribution in [0.15, 0.2) is 40.8 Å². The molecule has 0 bridgehead atoms. The first kappa shape index (κ1) is 16.5. The van der Waals surface area contributed by atoms with Crippen molar-refractivity contribution in [1.29, 1.82) is 0 Å². The summed E-state index contributed by atoms with van der Waals surface area (Å²) in [5.41, 5.74) is -1.10. The van der Waals surface area contributed by atoms with Crippen LogP contribution in [0.5, 0.6) is 0 Å². The number of anilines is 1. The Hall–Kier alpha value is -2.39. The van der Waals surface area contributed by atoms with Gasteiger partial charge in [-0.25, -0.2) is 0 Å². The number of amides is 1. The van der Waals surface area contributed by atoms with Gasteiger partial charge in [0.2, 0.25) is 0 Å². The molecule has 0 atom stereocenters. The van der Waals surface area contributed by atoms with Crippen LogP contribution in [0.1, 0.15) is 15.9 Å². The molecule has 1 N–H and O–H groups in total. The van der Waals surface area contributed by atoms with E-state index in [4.69, 9.17) is 16.0 Å². The van der Waals surface area contributed by atoms with Gasteiger partial charge >= 0.3 is 12.2 Å². The van der Waals surface area contributed by atoms with Crippen LogP contribution in [0.4, 0.5) is 19.2 Å².